The molecule has 1 amide bonds. The number of amides is 1. The van der Waals surface area contributed by atoms with Crippen LogP contribution in [0, 0.1) is 5.92 Å². The maximum absolute atomic E-state index is 12.1. The highest BCUT2D eigenvalue weighted by Gasteiger charge is 2.24. The standard InChI is InChI=1S/C16H19ClN2O5/c1-2-5-23-9-13(16(21)22)19-14(20)11-6-12(17)15(18-7-11)24-8-10-3-4-10/h2,6-7,10,13H,1,3-5,8-9H2,(H,19,20)(H,21,22). The Hall–Kier alpha value is -2.12. The van der Waals surface area contributed by atoms with Crippen LogP contribution in [0.5, 0.6) is 5.88 Å². The molecule has 1 fully saturated rings. The van der Waals surface area contributed by atoms with Crippen LogP contribution < -0.4 is 10.1 Å². The van der Waals surface area contributed by atoms with Gasteiger partial charge in [0.1, 0.15) is 5.02 Å². The molecule has 130 valence electrons. The van der Waals surface area contributed by atoms with Gasteiger partial charge in [-0.15, -0.1) is 6.58 Å². The van der Waals surface area contributed by atoms with Crippen LogP contribution in [0.2, 0.25) is 5.02 Å². The van der Waals surface area contributed by atoms with E-state index in [9.17, 15) is 9.59 Å². The van der Waals surface area contributed by atoms with Gasteiger partial charge in [0.2, 0.25) is 5.88 Å². The molecule has 1 aliphatic rings. The van der Waals surface area contributed by atoms with E-state index >= 15 is 0 Å². The number of ether oxygens (including phenoxy) is 2. The highest BCUT2D eigenvalue weighted by molar-refractivity contribution is 6.32. The molecule has 0 bridgehead atoms. The van der Waals surface area contributed by atoms with Crippen molar-refractivity contribution in [2.75, 3.05) is 19.8 Å². The minimum absolute atomic E-state index is 0.147. The van der Waals surface area contributed by atoms with Crippen molar-refractivity contribution in [1.82, 2.24) is 10.3 Å². The second kappa shape index (κ2) is 8.65. The van der Waals surface area contributed by atoms with Gasteiger partial charge in [-0.1, -0.05) is 17.7 Å². The lowest BCUT2D eigenvalue weighted by atomic mass is 10.2. The summed E-state index contributed by atoms with van der Waals surface area (Å²) in [5.74, 6) is -0.981. The van der Waals surface area contributed by atoms with Crippen LogP contribution in [0.15, 0.2) is 24.9 Å². The molecule has 7 nitrogen and oxygen atoms in total. The zero-order chi connectivity index (χ0) is 17.5. The third-order valence-corrected chi connectivity index (χ3v) is 3.62. The molecule has 1 heterocycles. The number of aliphatic carboxylic acids is 1. The van der Waals surface area contributed by atoms with Crippen LogP contribution in [0.25, 0.3) is 0 Å². The van der Waals surface area contributed by atoms with Gasteiger partial charge >= 0.3 is 5.97 Å². The third kappa shape index (κ3) is 5.50. The molecule has 0 aromatic carbocycles. The predicted molar refractivity (Wildman–Crippen MR) is 87.4 cm³/mol. The van der Waals surface area contributed by atoms with Crippen molar-refractivity contribution >= 4 is 23.5 Å². The third-order valence-electron chi connectivity index (χ3n) is 3.35. The zero-order valence-electron chi connectivity index (χ0n) is 13.0. The van der Waals surface area contributed by atoms with E-state index in [1.54, 1.807) is 0 Å². The highest BCUT2D eigenvalue weighted by Crippen LogP contribution is 2.31. The molecule has 0 radical (unpaired) electrons. The molecule has 1 atom stereocenters. The Kier molecular flexibility index (Phi) is 6.57. The molecule has 1 aromatic rings. The van der Waals surface area contributed by atoms with E-state index in [-0.39, 0.29) is 29.7 Å². The Morgan fingerprint density at radius 1 is 1.54 bits per heavy atom. The number of carbonyl (C=O) groups excluding carboxylic acids is 1. The fourth-order valence-corrected chi connectivity index (χ4v) is 2.04. The lowest BCUT2D eigenvalue weighted by Crippen LogP contribution is -2.44. The van der Waals surface area contributed by atoms with Crippen molar-refractivity contribution in [3.63, 3.8) is 0 Å². The number of rotatable bonds is 10. The fraction of sp³-hybridized carbons (Fsp3) is 0.438. The van der Waals surface area contributed by atoms with Crippen molar-refractivity contribution in [2.45, 2.75) is 18.9 Å². The molecule has 0 saturated heterocycles. The molecule has 24 heavy (non-hydrogen) atoms. The smallest absolute Gasteiger partial charge is 0.328 e. The maximum Gasteiger partial charge on any atom is 0.328 e. The van der Waals surface area contributed by atoms with E-state index in [2.05, 4.69) is 16.9 Å². The van der Waals surface area contributed by atoms with Gasteiger partial charge in [0.15, 0.2) is 6.04 Å². The normalized spacial score (nSPS) is 14.7. The number of halogens is 1. The van der Waals surface area contributed by atoms with Crippen molar-refractivity contribution in [2.24, 2.45) is 5.92 Å². The lowest BCUT2D eigenvalue weighted by molar-refractivity contribution is -0.140. The number of aromatic nitrogens is 1. The quantitative estimate of drug-likeness (QED) is 0.492. The summed E-state index contributed by atoms with van der Waals surface area (Å²) in [5.41, 5.74) is 0.147. The second-order valence-electron chi connectivity index (χ2n) is 5.46. The van der Waals surface area contributed by atoms with Crippen molar-refractivity contribution in [3.05, 3.63) is 35.5 Å². The van der Waals surface area contributed by atoms with Gasteiger partial charge in [-0.05, 0) is 24.8 Å². The largest absolute Gasteiger partial charge is 0.480 e. The number of pyridine rings is 1. The lowest BCUT2D eigenvalue weighted by Gasteiger charge is -2.14. The summed E-state index contributed by atoms with van der Waals surface area (Å²) in [6.45, 7) is 4.04. The van der Waals surface area contributed by atoms with Crippen molar-refractivity contribution < 1.29 is 24.2 Å². The summed E-state index contributed by atoms with van der Waals surface area (Å²) >= 11 is 6.06. The van der Waals surface area contributed by atoms with E-state index in [1.807, 2.05) is 0 Å². The van der Waals surface area contributed by atoms with Crippen molar-refractivity contribution in [3.8, 4) is 5.88 Å². The molecule has 1 aliphatic carbocycles. The summed E-state index contributed by atoms with van der Waals surface area (Å²) < 4.78 is 10.6. The van der Waals surface area contributed by atoms with Crippen LogP contribution in [0.4, 0.5) is 0 Å². The molecular weight excluding hydrogens is 336 g/mol. The van der Waals surface area contributed by atoms with Gasteiger partial charge in [0.25, 0.3) is 5.91 Å². The predicted octanol–water partition coefficient (Wildman–Crippen LogP) is 1.91. The first kappa shape index (κ1) is 18.2. The Bertz CT molecular complexity index is 618. The molecule has 2 rings (SSSR count). The summed E-state index contributed by atoms with van der Waals surface area (Å²) in [5, 5.41) is 11.7. The van der Waals surface area contributed by atoms with Gasteiger partial charge < -0.3 is 19.9 Å². The molecule has 1 aromatic heterocycles. The zero-order valence-corrected chi connectivity index (χ0v) is 13.8. The number of nitrogens with one attached hydrogen (secondary N) is 1. The highest BCUT2D eigenvalue weighted by atomic mass is 35.5. The van der Waals surface area contributed by atoms with E-state index < -0.39 is 17.9 Å². The number of hydrogen-bond acceptors (Lipinski definition) is 5. The Morgan fingerprint density at radius 2 is 2.29 bits per heavy atom. The van der Waals surface area contributed by atoms with Gasteiger partial charge in [-0.3, -0.25) is 4.79 Å². The average molecular weight is 355 g/mol. The Labute approximate surface area is 144 Å². The fourth-order valence-electron chi connectivity index (χ4n) is 1.82. The summed E-state index contributed by atoms with van der Waals surface area (Å²) in [7, 11) is 0. The number of hydrogen-bond donors (Lipinski definition) is 2. The van der Waals surface area contributed by atoms with Crippen LogP contribution in [0.3, 0.4) is 0 Å². The summed E-state index contributed by atoms with van der Waals surface area (Å²) in [6.07, 6.45) is 5.07. The second-order valence-corrected chi connectivity index (χ2v) is 5.86. The van der Waals surface area contributed by atoms with Gasteiger partial charge in [0, 0.05) is 6.20 Å². The van der Waals surface area contributed by atoms with Gasteiger partial charge in [-0.25, -0.2) is 9.78 Å². The first-order valence-corrected chi connectivity index (χ1v) is 7.89. The van der Waals surface area contributed by atoms with E-state index in [1.165, 1.54) is 18.3 Å². The SMILES string of the molecule is C=CCOCC(NC(=O)c1cnc(OCC2CC2)c(Cl)c1)C(=O)O. The molecule has 0 spiro atoms. The number of carboxylic acids is 1. The van der Waals surface area contributed by atoms with E-state index in [0.717, 1.165) is 12.8 Å². The van der Waals surface area contributed by atoms with Crippen LogP contribution in [-0.4, -0.2) is 47.8 Å². The minimum Gasteiger partial charge on any atom is -0.480 e. The maximum atomic E-state index is 12.1. The molecule has 2 N–H and O–H groups in total. The molecule has 1 saturated carbocycles. The van der Waals surface area contributed by atoms with Gasteiger partial charge in [0.05, 0.1) is 25.4 Å². The van der Waals surface area contributed by atoms with Crippen LogP contribution >= 0.6 is 11.6 Å². The minimum atomic E-state index is -1.20. The van der Waals surface area contributed by atoms with Crippen molar-refractivity contribution in [1.29, 1.82) is 0 Å². The molecule has 8 heteroatoms. The summed E-state index contributed by atoms with van der Waals surface area (Å²) in [4.78, 5) is 27.3. The molecule has 1 unspecified atom stereocenters. The average Bonchev–Trinajstić information content (AvgIpc) is 3.36. The summed E-state index contributed by atoms with van der Waals surface area (Å²) in [6, 6.07) is 0.220. The first-order valence-electron chi connectivity index (χ1n) is 7.52. The number of carboxylic acid groups (broad SMARTS) is 1. The Morgan fingerprint density at radius 3 is 2.88 bits per heavy atom. The van der Waals surface area contributed by atoms with Gasteiger partial charge in [-0.2, -0.15) is 0 Å². The molecular formula is C16H19ClN2O5. The first-order chi connectivity index (χ1) is 11.5. The van der Waals surface area contributed by atoms with Crippen LogP contribution in [-0.2, 0) is 9.53 Å². The monoisotopic (exact) mass is 354 g/mol. The van der Waals surface area contributed by atoms with E-state index in [0.29, 0.717) is 12.5 Å². The number of carbonyl (C=O) groups is 2. The number of nitrogens with zero attached hydrogens (tertiary/aromatic N) is 1. The van der Waals surface area contributed by atoms with Crippen LogP contribution in [0.1, 0.15) is 23.2 Å². The topological polar surface area (TPSA) is 97.8 Å². The Balaban J connectivity index is 1.95. The van der Waals surface area contributed by atoms with E-state index in [4.69, 9.17) is 26.2 Å². The molecule has 0 aliphatic heterocycles.